The van der Waals surface area contributed by atoms with Crippen LogP contribution in [0.1, 0.15) is 85.5 Å². The summed E-state index contributed by atoms with van der Waals surface area (Å²) in [6.07, 6.45) is 2.90. The van der Waals surface area contributed by atoms with Gasteiger partial charge in [0.15, 0.2) is 18.4 Å². The molecule has 0 spiro atoms. The van der Waals surface area contributed by atoms with Crippen LogP contribution in [-0.4, -0.2) is 151 Å². The van der Waals surface area contributed by atoms with E-state index in [1.165, 1.54) is 0 Å². The molecule has 7 rings (SSSR count). The fraction of sp³-hybridized carbons (Fsp3) is 0.796. The van der Waals surface area contributed by atoms with E-state index in [9.17, 15) is 9.90 Å². The van der Waals surface area contributed by atoms with E-state index in [-0.39, 0.29) is 72.5 Å². The van der Waals surface area contributed by atoms with E-state index in [0.717, 1.165) is 19.3 Å². The van der Waals surface area contributed by atoms with Gasteiger partial charge >= 0.3 is 5.97 Å². The van der Waals surface area contributed by atoms with Crippen LogP contribution in [0.5, 0.6) is 11.5 Å². The number of aliphatic hydroxyl groups excluding tert-OH is 1. The van der Waals surface area contributed by atoms with E-state index in [2.05, 4.69) is 37.3 Å². The summed E-state index contributed by atoms with van der Waals surface area (Å²) in [6, 6.07) is 5.35. The molecule has 3 saturated heterocycles. The predicted octanol–water partition coefficient (Wildman–Crippen LogP) is 5.79. The molecule has 3 aliphatic heterocycles. The first-order valence-corrected chi connectivity index (χ1v) is 23.7. The molecule has 0 amide bonds. The summed E-state index contributed by atoms with van der Waals surface area (Å²) in [5.41, 5.74) is 1.27. The molecule has 0 radical (unpaired) electrons. The molecular weight excluding hydrogens is 825 g/mol. The molecule has 3 unspecified atom stereocenters. The number of rotatable bonds is 13. The molecule has 64 heavy (non-hydrogen) atoms. The Morgan fingerprint density at radius 3 is 2.23 bits per heavy atom. The number of likely N-dealkylation sites (N-methyl/N-ethyl adjacent to an activating group) is 1. The molecule has 3 heterocycles. The van der Waals surface area contributed by atoms with Crippen molar-refractivity contribution in [3.05, 3.63) is 29.8 Å². The van der Waals surface area contributed by atoms with Crippen LogP contribution in [0.3, 0.4) is 0 Å². The molecule has 5 fully saturated rings. The molecule has 360 valence electrons. The van der Waals surface area contributed by atoms with E-state index in [1.807, 2.05) is 39.0 Å². The highest BCUT2D eigenvalue weighted by Gasteiger charge is 2.60. The molecule has 19 atom stereocenters. The zero-order valence-electron chi connectivity index (χ0n) is 39.9. The number of Topliss-reactive ketones (excluding diaryl/α,β-unsaturated/α-hetero) is 1. The monoisotopic (exact) mass is 901 g/mol. The highest BCUT2D eigenvalue weighted by molar-refractivity contribution is 5.99. The zero-order valence-corrected chi connectivity index (χ0v) is 39.9. The Labute approximate surface area is 380 Å². The van der Waals surface area contributed by atoms with Gasteiger partial charge in [-0.2, -0.15) is 0 Å². The molecule has 3 aliphatic carbocycles. The van der Waals surface area contributed by atoms with Crippen LogP contribution in [0, 0.1) is 35.5 Å². The van der Waals surface area contributed by atoms with Crippen molar-refractivity contribution in [2.45, 2.75) is 165 Å². The van der Waals surface area contributed by atoms with Crippen LogP contribution >= 0.6 is 0 Å². The minimum Gasteiger partial charge on any atom is -0.497 e. The van der Waals surface area contributed by atoms with Gasteiger partial charge in [0.2, 0.25) is 0 Å². The number of aliphatic hydroxyl groups is 1. The quantitative estimate of drug-likeness (QED) is 0.229. The van der Waals surface area contributed by atoms with Gasteiger partial charge in [0, 0.05) is 51.2 Å². The largest absolute Gasteiger partial charge is 0.497 e. The lowest BCUT2D eigenvalue weighted by molar-refractivity contribution is -0.314. The maximum atomic E-state index is 15.2. The van der Waals surface area contributed by atoms with Gasteiger partial charge in [0.1, 0.15) is 35.9 Å². The summed E-state index contributed by atoms with van der Waals surface area (Å²) in [6.45, 7) is 8.02. The number of carbonyl (C=O) groups excluding carboxylic acids is 2. The fourth-order valence-electron chi connectivity index (χ4n) is 12.3. The number of allylic oxidation sites excluding steroid dienone is 2. The number of nitrogens with zero attached hydrogens (tertiary/aromatic N) is 1. The third kappa shape index (κ3) is 10.0. The van der Waals surface area contributed by atoms with Gasteiger partial charge in [-0.1, -0.05) is 19.9 Å². The third-order valence-electron chi connectivity index (χ3n) is 15.6. The maximum absolute atomic E-state index is 15.2. The van der Waals surface area contributed by atoms with Crippen LogP contribution in [0.15, 0.2) is 29.8 Å². The second-order valence-corrected chi connectivity index (χ2v) is 19.3. The lowest BCUT2D eigenvalue weighted by Gasteiger charge is -2.47. The van der Waals surface area contributed by atoms with Crippen molar-refractivity contribution in [3.8, 4) is 11.5 Å². The minimum atomic E-state index is -0.965. The van der Waals surface area contributed by atoms with Crippen LogP contribution in [0.25, 0.3) is 0 Å². The lowest BCUT2D eigenvalue weighted by atomic mass is 9.62. The first-order chi connectivity index (χ1) is 30.7. The van der Waals surface area contributed by atoms with Crippen molar-refractivity contribution in [2.24, 2.45) is 35.5 Å². The first-order valence-electron chi connectivity index (χ1n) is 23.7. The first kappa shape index (κ1) is 49.1. The molecule has 1 aromatic rings. The molecule has 0 bridgehead atoms. The summed E-state index contributed by atoms with van der Waals surface area (Å²) in [5, 5.41) is 16.6. The van der Waals surface area contributed by atoms with Crippen LogP contribution in [0.2, 0.25) is 0 Å². The summed E-state index contributed by atoms with van der Waals surface area (Å²) < 4.78 is 61.7. The fourth-order valence-corrected chi connectivity index (χ4v) is 12.3. The number of methoxy groups -OCH3 is 5. The SMILES string of the molecule is CC[C@H]1CCC[C@H](O[C@H]2CC[C@H](N(C)C)C(C)O2)[C@@H](C)C(=O)C2=C[C@H]3[C@@H]4C[C@H](O[C@@H]5OC(C)[C@H](OC)C(OC)[C@@H]5OC)C[C@H]4[C@H](Nc4ccc(OC)cc4OC)[C@@H](O)[C@H]3[C@@H]2CC(=O)O1. The normalized spacial score (nSPS) is 41.8. The number of hydrogen-bond acceptors (Lipinski definition) is 15. The molecule has 1 aromatic carbocycles. The van der Waals surface area contributed by atoms with Crippen molar-refractivity contribution >= 4 is 17.4 Å². The average molecular weight is 901 g/mol. The Bertz CT molecular complexity index is 1760. The maximum Gasteiger partial charge on any atom is 0.306 e. The van der Waals surface area contributed by atoms with E-state index in [1.54, 1.807) is 35.5 Å². The summed E-state index contributed by atoms with van der Waals surface area (Å²) in [4.78, 5) is 31.4. The Hall–Kier alpha value is -2.86. The molecule has 15 nitrogen and oxygen atoms in total. The molecule has 2 saturated carbocycles. The average Bonchev–Trinajstić information content (AvgIpc) is 3.87. The smallest absolute Gasteiger partial charge is 0.306 e. The summed E-state index contributed by atoms with van der Waals surface area (Å²) in [5.74, 6) is -1.11. The van der Waals surface area contributed by atoms with Crippen LogP contribution in [-0.2, 0) is 47.5 Å². The van der Waals surface area contributed by atoms with E-state index < -0.39 is 60.8 Å². The number of hydrogen-bond donors (Lipinski definition) is 2. The third-order valence-corrected chi connectivity index (χ3v) is 15.6. The minimum absolute atomic E-state index is 0.0159. The molecular formula is C49H76N2O13. The number of carbonyl (C=O) groups is 2. The second-order valence-electron chi connectivity index (χ2n) is 19.3. The molecule has 6 aliphatic rings. The van der Waals surface area contributed by atoms with Gasteiger partial charge in [-0.15, -0.1) is 0 Å². The Kier molecular flexibility index (Phi) is 16.4. The Morgan fingerprint density at radius 1 is 0.844 bits per heavy atom. The number of anilines is 1. The Balaban J connectivity index is 1.23. The highest BCUT2D eigenvalue weighted by atomic mass is 16.7. The number of ether oxygens (including phenoxy) is 10. The van der Waals surface area contributed by atoms with Gasteiger partial charge < -0.3 is 62.7 Å². The zero-order chi connectivity index (χ0) is 46.0. The number of fused-ring (bicyclic) bond motifs is 5. The highest BCUT2D eigenvalue weighted by Crippen LogP contribution is 2.58. The van der Waals surface area contributed by atoms with Crippen LogP contribution in [0.4, 0.5) is 5.69 Å². The summed E-state index contributed by atoms with van der Waals surface area (Å²) in [7, 11) is 12.2. The number of cyclic esters (lactones) is 1. The van der Waals surface area contributed by atoms with Crippen molar-refractivity contribution in [1.29, 1.82) is 0 Å². The number of esters is 1. The van der Waals surface area contributed by atoms with Gasteiger partial charge in [0.05, 0.1) is 62.9 Å². The van der Waals surface area contributed by atoms with E-state index >= 15 is 4.79 Å². The van der Waals surface area contributed by atoms with Gasteiger partial charge in [-0.3, -0.25) is 9.59 Å². The van der Waals surface area contributed by atoms with Crippen molar-refractivity contribution in [2.75, 3.05) is 55.0 Å². The van der Waals surface area contributed by atoms with Crippen molar-refractivity contribution in [3.63, 3.8) is 0 Å². The second kappa shape index (κ2) is 21.4. The Morgan fingerprint density at radius 2 is 1.58 bits per heavy atom. The molecule has 15 heteroatoms. The lowest BCUT2D eigenvalue weighted by Crippen LogP contribution is -2.59. The van der Waals surface area contributed by atoms with Gasteiger partial charge in [0.25, 0.3) is 0 Å². The van der Waals surface area contributed by atoms with Gasteiger partial charge in [-0.25, -0.2) is 0 Å². The van der Waals surface area contributed by atoms with Crippen LogP contribution < -0.4 is 14.8 Å². The van der Waals surface area contributed by atoms with Gasteiger partial charge in [-0.05, 0) is 115 Å². The number of ketones is 1. The van der Waals surface area contributed by atoms with E-state index in [4.69, 9.17) is 47.4 Å². The van der Waals surface area contributed by atoms with Crippen molar-refractivity contribution in [1.82, 2.24) is 4.90 Å². The standard InChI is InChI=1S/C49H76N2O13/c1-12-28-14-13-15-38(64-41-19-18-37(51(5)6)26(3)60-41)25(2)44(53)35-23-32-31-20-30(63-49-48(59-11)47(58-10)46(57-9)27(4)61-49)21-34(31)43(45(54)42(32)33(35)24-40(52)62-28)50-36-17-16-29(55-7)22-39(36)56-8/h16-17,22-23,25-28,30-34,37-38,41-43,45-50,54H,12-15,18-21,24H2,1-11H3/t25-,26?,27?,28+,30+,31+,32+,33-,34-,37+,38+,41+,42-,43+,45+,46+,47?,48+,49+/m1/s1. The molecule has 2 N–H and O–H groups in total. The summed E-state index contributed by atoms with van der Waals surface area (Å²) >= 11 is 0. The molecule has 0 aromatic heterocycles. The number of nitrogens with one attached hydrogen (secondary N) is 1. The van der Waals surface area contributed by atoms with E-state index in [0.29, 0.717) is 54.9 Å². The number of benzene rings is 1. The predicted molar refractivity (Wildman–Crippen MR) is 238 cm³/mol. The topological polar surface area (TPSA) is 162 Å². The van der Waals surface area contributed by atoms with Crippen molar-refractivity contribution < 1.29 is 62.1 Å².